The van der Waals surface area contributed by atoms with E-state index in [2.05, 4.69) is 0 Å². The Bertz CT molecular complexity index is 264. The Balaban J connectivity index is 3.05. The number of hydrogen-bond acceptors (Lipinski definition) is 3. The van der Waals surface area contributed by atoms with Gasteiger partial charge in [-0.25, -0.2) is 0 Å². The molecule has 11 heavy (non-hydrogen) atoms. The number of nitrogens with zero attached hydrogens (tertiary/aromatic N) is 1. The maximum atomic E-state index is 10.7. The van der Waals surface area contributed by atoms with Crippen LogP contribution in [0.4, 0.5) is 0 Å². The Kier molecular flexibility index (Phi) is 2.28. The fourth-order valence-electron chi connectivity index (χ4n) is 0.631. The van der Waals surface area contributed by atoms with Crippen molar-refractivity contribution in [1.82, 2.24) is 0 Å². The normalized spacial score (nSPS) is 10.5. The Morgan fingerprint density at radius 3 is 2.55 bits per heavy atom. The predicted octanol–water partition coefficient (Wildman–Crippen LogP) is -0.0434. The van der Waals surface area contributed by atoms with Crippen LogP contribution in [0.15, 0.2) is 18.3 Å². The quantitative estimate of drug-likeness (QED) is 0.272. The molecule has 0 saturated carbocycles. The third-order valence-electron chi connectivity index (χ3n) is 1.19. The monoisotopic (exact) mass is 175 g/mol. The third-order valence-corrected chi connectivity index (χ3v) is 1.48. The van der Waals surface area contributed by atoms with Crippen LogP contribution in [-0.2, 0) is 0 Å². The molecule has 0 aromatic carbocycles. The first-order valence-corrected chi connectivity index (χ1v) is 3.24. The molecule has 0 saturated heterocycles. The molecular formula is C6H6ClNO3. The smallest absolute Gasteiger partial charge is 0.286 e. The second kappa shape index (κ2) is 3.04. The summed E-state index contributed by atoms with van der Waals surface area (Å²) in [6.45, 7) is 0. The first kappa shape index (κ1) is 8.26. The van der Waals surface area contributed by atoms with Gasteiger partial charge in [0.25, 0.3) is 5.15 Å². The van der Waals surface area contributed by atoms with Gasteiger partial charge in [-0.1, -0.05) is 0 Å². The predicted molar refractivity (Wildman–Crippen MR) is 37.6 cm³/mol. The molecule has 0 aliphatic heterocycles. The van der Waals surface area contributed by atoms with Crippen LogP contribution >= 0.6 is 11.6 Å². The minimum absolute atomic E-state index is 0.00519. The standard InChI is InChI=1S/C6H6ClNO3/c7-5-2-1-4(6(9)10)3-8(5)11/h1-3,6,9-10H. The Hall–Kier alpha value is -0.840. The number of aromatic nitrogens is 1. The zero-order chi connectivity index (χ0) is 8.43. The van der Waals surface area contributed by atoms with E-state index in [9.17, 15) is 5.21 Å². The molecule has 0 unspecified atom stereocenters. The van der Waals surface area contributed by atoms with Crippen LogP contribution in [0, 0.1) is 5.21 Å². The van der Waals surface area contributed by atoms with Gasteiger partial charge in [-0.2, -0.15) is 4.73 Å². The number of aliphatic hydroxyl groups is 2. The van der Waals surface area contributed by atoms with Crippen molar-refractivity contribution >= 4 is 11.6 Å². The highest BCUT2D eigenvalue weighted by atomic mass is 35.5. The summed E-state index contributed by atoms with van der Waals surface area (Å²) in [4.78, 5) is 0. The Morgan fingerprint density at radius 2 is 2.09 bits per heavy atom. The average molecular weight is 176 g/mol. The van der Waals surface area contributed by atoms with Crippen LogP contribution in [-0.4, -0.2) is 10.2 Å². The minimum Gasteiger partial charge on any atom is -0.618 e. The maximum Gasteiger partial charge on any atom is 0.286 e. The largest absolute Gasteiger partial charge is 0.618 e. The summed E-state index contributed by atoms with van der Waals surface area (Å²) in [7, 11) is 0. The fourth-order valence-corrected chi connectivity index (χ4v) is 0.743. The molecule has 2 N–H and O–H groups in total. The molecule has 0 bridgehead atoms. The van der Waals surface area contributed by atoms with Crippen LogP contribution in [0.5, 0.6) is 0 Å². The summed E-state index contributed by atoms with van der Waals surface area (Å²) < 4.78 is 0.357. The van der Waals surface area contributed by atoms with Gasteiger partial charge in [-0.15, -0.1) is 0 Å². The molecule has 0 radical (unpaired) electrons. The van der Waals surface area contributed by atoms with E-state index < -0.39 is 6.29 Å². The number of rotatable bonds is 1. The van der Waals surface area contributed by atoms with Crippen molar-refractivity contribution in [2.45, 2.75) is 6.29 Å². The van der Waals surface area contributed by atoms with Crippen molar-refractivity contribution in [1.29, 1.82) is 0 Å². The van der Waals surface area contributed by atoms with Crippen LogP contribution in [0.3, 0.4) is 0 Å². The number of hydrogen-bond donors (Lipinski definition) is 2. The van der Waals surface area contributed by atoms with Gasteiger partial charge >= 0.3 is 0 Å². The van der Waals surface area contributed by atoms with E-state index in [1.54, 1.807) is 0 Å². The first-order valence-electron chi connectivity index (χ1n) is 2.86. The van der Waals surface area contributed by atoms with Crippen LogP contribution in [0.2, 0.25) is 5.15 Å². The van der Waals surface area contributed by atoms with E-state index in [1.165, 1.54) is 12.1 Å². The van der Waals surface area contributed by atoms with Gasteiger partial charge in [-0.05, 0) is 17.7 Å². The van der Waals surface area contributed by atoms with Crippen molar-refractivity contribution < 1.29 is 14.9 Å². The Labute approximate surface area is 67.9 Å². The van der Waals surface area contributed by atoms with E-state index in [0.29, 0.717) is 4.73 Å². The molecule has 1 aromatic heterocycles. The number of pyridine rings is 1. The van der Waals surface area contributed by atoms with Crippen molar-refractivity contribution in [3.05, 3.63) is 34.3 Å². The molecule has 5 heteroatoms. The molecule has 0 aliphatic carbocycles. The second-order valence-electron chi connectivity index (χ2n) is 1.98. The Morgan fingerprint density at radius 1 is 1.45 bits per heavy atom. The SMILES string of the molecule is [O-][n+]1cc(C(O)O)ccc1Cl. The molecule has 0 atom stereocenters. The molecular weight excluding hydrogens is 170 g/mol. The number of halogens is 1. The topological polar surface area (TPSA) is 67.4 Å². The maximum absolute atomic E-state index is 10.7. The lowest BCUT2D eigenvalue weighted by atomic mass is 10.3. The molecule has 60 valence electrons. The van der Waals surface area contributed by atoms with E-state index in [0.717, 1.165) is 6.20 Å². The summed E-state index contributed by atoms with van der Waals surface area (Å²) in [6, 6.07) is 2.66. The van der Waals surface area contributed by atoms with E-state index >= 15 is 0 Å². The minimum atomic E-state index is -1.63. The molecule has 0 spiro atoms. The first-order chi connectivity index (χ1) is 5.11. The summed E-state index contributed by atoms with van der Waals surface area (Å²) in [5, 5.41) is 27.9. The molecule has 1 heterocycles. The van der Waals surface area contributed by atoms with Crippen molar-refractivity contribution in [3.8, 4) is 0 Å². The van der Waals surface area contributed by atoms with Crippen molar-refractivity contribution in [3.63, 3.8) is 0 Å². The molecule has 1 aromatic rings. The van der Waals surface area contributed by atoms with Gasteiger partial charge in [0, 0.05) is 6.07 Å². The van der Waals surface area contributed by atoms with Gasteiger partial charge in [0.1, 0.15) is 0 Å². The highest BCUT2D eigenvalue weighted by Crippen LogP contribution is 2.08. The molecule has 0 amide bonds. The summed E-state index contributed by atoms with van der Waals surface area (Å²) in [6.07, 6.45) is -0.625. The van der Waals surface area contributed by atoms with Crippen LogP contribution in [0.25, 0.3) is 0 Å². The third kappa shape index (κ3) is 1.80. The lowest BCUT2D eigenvalue weighted by molar-refractivity contribution is -0.603. The highest BCUT2D eigenvalue weighted by Gasteiger charge is 2.08. The molecule has 0 fully saturated rings. The van der Waals surface area contributed by atoms with Crippen LogP contribution < -0.4 is 4.73 Å². The lowest BCUT2D eigenvalue weighted by Crippen LogP contribution is -2.27. The van der Waals surface area contributed by atoms with Gasteiger partial charge in [0.15, 0.2) is 12.5 Å². The van der Waals surface area contributed by atoms with Gasteiger partial charge in [-0.3, -0.25) is 0 Å². The lowest BCUT2D eigenvalue weighted by Gasteiger charge is -2.03. The van der Waals surface area contributed by atoms with Gasteiger partial charge < -0.3 is 15.4 Å². The van der Waals surface area contributed by atoms with E-state index in [4.69, 9.17) is 21.8 Å². The summed E-state index contributed by atoms with van der Waals surface area (Å²) in [5.74, 6) is 0. The number of aliphatic hydroxyl groups excluding tert-OH is 1. The van der Waals surface area contributed by atoms with Crippen LogP contribution in [0.1, 0.15) is 11.9 Å². The van der Waals surface area contributed by atoms with E-state index in [-0.39, 0.29) is 10.7 Å². The van der Waals surface area contributed by atoms with Gasteiger partial charge in [0.05, 0.1) is 5.56 Å². The zero-order valence-corrected chi connectivity index (χ0v) is 6.19. The van der Waals surface area contributed by atoms with Gasteiger partial charge in [0.2, 0.25) is 0 Å². The molecule has 1 rings (SSSR count). The van der Waals surface area contributed by atoms with Crippen molar-refractivity contribution in [2.75, 3.05) is 0 Å². The highest BCUT2D eigenvalue weighted by molar-refractivity contribution is 6.28. The van der Waals surface area contributed by atoms with Crippen molar-refractivity contribution in [2.24, 2.45) is 0 Å². The van der Waals surface area contributed by atoms with E-state index in [1.807, 2.05) is 0 Å². The summed E-state index contributed by atoms with van der Waals surface area (Å²) in [5.41, 5.74) is 0.115. The summed E-state index contributed by atoms with van der Waals surface area (Å²) >= 11 is 5.37. The second-order valence-corrected chi connectivity index (χ2v) is 2.37. The molecule has 0 aliphatic rings. The fraction of sp³-hybridized carbons (Fsp3) is 0.167. The zero-order valence-electron chi connectivity index (χ0n) is 5.44. The molecule has 4 nitrogen and oxygen atoms in total. The average Bonchev–Trinajstić information content (AvgIpc) is 1.94.